The van der Waals surface area contributed by atoms with Crippen molar-refractivity contribution in [1.29, 1.82) is 0 Å². The van der Waals surface area contributed by atoms with E-state index in [4.69, 9.17) is 0 Å². The third-order valence-corrected chi connectivity index (χ3v) is 5.04. The molecule has 0 bridgehead atoms. The van der Waals surface area contributed by atoms with Gasteiger partial charge >= 0.3 is 0 Å². The van der Waals surface area contributed by atoms with E-state index in [0.29, 0.717) is 5.13 Å². The first kappa shape index (κ1) is 17.2. The van der Waals surface area contributed by atoms with Crippen molar-refractivity contribution >= 4 is 39.2 Å². The Morgan fingerprint density at radius 2 is 1.78 bits per heavy atom. The number of amides is 1. The van der Waals surface area contributed by atoms with Crippen LogP contribution in [0.3, 0.4) is 0 Å². The fraction of sp³-hybridized carbons (Fsp3) is 0.0435. The molecule has 0 spiro atoms. The average molecular weight is 370 g/mol. The second-order valence-electron chi connectivity index (χ2n) is 6.33. The molecule has 0 radical (unpaired) electrons. The van der Waals surface area contributed by atoms with Gasteiger partial charge in [0.25, 0.3) is 0 Å². The normalized spacial score (nSPS) is 11.1. The van der Waals surface area contributed by atoms with Gasteiger partial charge < -0.3 is 0 Å². The van der Waals surface area contributed by atoms with Gasteiger partial charge in [0.1, 0.15) is 0 Å². The van der Waals surface area contributed by atoms with E-state index in [1.807, 2.05) is 48.7 Å². The van der Waals surface area contributed by atoms with Crippen LogP contribution in [0.15, 0.2) is 78.2 Å². The van der Waals surface area contributed by atoms with Crippen LogP contribution >= 0.6 is 11.3 Å². The van der Waals surface area contributed by atoms with Crippen molar-refractivity contribution in [3.8, 4) is 11.3 Å². The minimum atomic E-state index is -0.185. The van der Waals surface area contributed by atoms with Crippen molar-refractivity contribution in [1.82, 2.24) is 4.98 Å². The smallest absolute Gasteiger partial charge is 0.250 e. The molecule has 0 atom stereocenters. The lowest BCUT2D eigenvalue weighted by molar-refractivity contribution is -0.111. The van der Waals surface area contributed by atoms with E-state index < -0.39 is 0 Å². The summed E-state index contributed by atoms with van der Waals surface area (Å²) in [4.78, 5) is 16.7. The molecule has 0 aliphatic heterocycles. The van der Waals surface area contributed by atoms with Crippen molar-refractivity contribution in [3.63, 3.8) is 0 Å². The molecule has 4 aromatic rings. The van der Waals surface area contributed by atoms with Crippen molar-refractivity contribution in [2.75, 3.05) is 5.32 Å². The predicted molar refractivity (Wildman–Crippen MR) is 114 cm³/mol. The maximum absolute atomic E-state index is 12.1. The number of rotatable bonds is 4. The Morgan fingerprint density at radius 3 is 2.59 bits per heavy atom. The Kier molecular flexibility index (Phi) is 4.81. The van der Waals surface area contributed by atoms with Gasteiger partial charge in [-0.05, 0) is 35.4 Å². The topological polar surface area (TPSA) is 42.0 Å². The summed E-state index contributed by atoms with van der Waals surface area (Å²) in [5, 5.41) is 7.76. The Hall–Kier alpha value is -3.24. The molecule has 1 amide bonds. The molecule has 0 aliphatic rings. The number of carbonyl (C=O) groups is 1. The molecule has 3 nitrogen and oxygen atoms in total. The molecule has 4 heteroatoms. The minimum Gasteiger partial charge on any atom is -0.298 e. The van der Waals surface area contributed by atoms with Crippen LogP contribution in [0.4, 0.5) is 5.13 Å². The summed E-state index contributed by atoms with van der Waals surface area (Å²) < 4.78 is 0. The standard InChI is InChI=1S/C23H18N2OS/c1-16-6-8-17(9-7-16)10-13-22(26)25-23-24-21(15-27-23)20-12-11-18-4-2-3-5-19(18)14-20/h2-15H,1H3,(H,24,25,26)/b13-10+. The number of carbonyl (C=O) groups excluding carboxylic acids is 1. The van der Waals surface area contributed by atoms with Crippen LogP contribution < -0.4 is 5.32 Å². The van der Waals surface area contributed by atoms with Crippen LogP contribution in [0.2, 0.25) is 0 Å². The summed E-state index contributed by atoms with van der Waals surface area (Å²) >= 11 is 1.42. The number of hydrogen-bond donors (Lipinski definition) is 1. The van der Waals surface area contributed by atoms with Gasteiger partial charge in [-0.25, -0.2) is 4.98 Å². The van der Waals surface area contributed by atoms with Gasteiger partial charge in [-0.15, -0.1) is 11.3 Å². The fourth-order valence-corrected chi connectivity index (χ4v) is 3.53. The molecule has 0 fully saturated rings. The highest BCUT2D eigenvalue weighted by Crippen LogP contribution is 2.27. The Bertz CT molecular complexity index is 1130. The van der Waals surface area contributed by atoms with Gasteiger partial charge in [0.15, 0.2) is 5.13 Å². The number of aryl methyl sites for hydroxylation is 1. The van der Waals surface area contributed by atoms with E-state index in [9.17, 15) is 4.79 Å². The maximum Gasteiger partial charge on any atom is 0.250 e. The van der Waals surface area contributed by atoms with E-state index in [-0.39, 0.29) is 5.91 Å². The molecule has 0 aliphatic carbocycles. The average Bonchev–Trinajstić information content (AvgIpc) is 3.15. The number of thiazole rings is 1. The van der Waals surface area contributed by atoms with E-state index in [1.54, 1.807) is 6.08 Å². The van der Waals surface area contributed by atoms with E-state index >= 15 is 0 Å². The number of benzene rings is 3. The quantitative estimate of drug-likeness (QED) is 0.453. The molecule has 4 rings (SSSR count). The van der Waals surface area contributed by atoms with Gasteiger partial charge in [-0.1, -0.05) is 66.2 Å². The summed E-state index contributed by atoms with van der Waals surface area (Å²) in [6.45, 7) is 2.04. The molecule has 1 heterocycles. The van der Waals surface area contributed by atoms with Crippen molar-refractivity contribution in [2.45, 2.75) is 6.92 Å². The first-order chi connectivity index (χ1) is 13.2. The van der Waals surface area contributed by atoms with Gasteiger partial charge in [0.2, 0.25) is 5.91 Å². The summed E-state index contributed by atoms with van der Waals surface area (Å²) in [5.74, 6) is -0.185. The Morgan fingerprint density at radius 1 is 1.00 bits per heavy atom. The molecular formula is C23H18N2OS. The molecule has 27 heavy (non-hydrogen) atoms. The Balaban J connectivity index is 1.47. The van der Waals surface area contributed by atoms with Crippen LogP contribution in [0.25, 0.3) is 28.1 Å². The highest BCUT2D eigenvalue weighted by molar-refractivity contribution is 7.14. The summed E-state index contributed by atoms with van der Waals surface area (Å²) in [7, 11) is 0. The van der Waals surface area contributed by atoms with Gasteiger partial charge in [0.05, 0.1) is 5.69 Å². The van der Waals surface area contributed by atoms with Gasteiger partial charge in [-0.2, -0.15) is 0 Å². The molecule has 0 unspecified atom stereocenters. The Labute approximate surface area is 162 Å². The molecule has 0 saturated heterocycles. The van der Waals surface area contributed by atoms with Crippen LogP contribution in [-0.4, -0.2) is 10.9 Å². The molecular weight excluding hydrogens is 352 g/mol. The molecule has 1 N–H and O–H groups in total. The number of nitrogens with one attached hydrogen (secondary N) is 1. The number of anilines is 1. The maximum atomic E-state index is 12.1. The SMILES string of the molecule is Cc1ccc(/C=C/C(=O)Nc2nc(-c3ccc4ccccc4c3)cs2)cc1. The highest BCUT2D eigenvalue weighted by Gasteiger charge is 2.07. The zero-order valence-electron chi connectivity index (χ0n) is 14.8. The number of fused-ring (bicyclic) bond motifs is 1. The summed E-state index contributed by atoms with van der Waals surface area (Å²) in [6.07, 6.45) is 3.33. The van der Waals surface area contributed by atoms with Crippen LogP contribution in [0.5, 0.6) is 0 Å². The number of aromatic nitrogens is 1. The largest absolute Gasteiger partial charge is 0.298 e. The van der Waals surface area contributed by atoms with Gasteiger partial charge in [0, 0.05) is 17.0 Å². The third-order valence-electron chi connectivity index (χ3n) is 4.28. The van der Waals surface area contributed by atoms with Crippen LogP contribution in [-0.2, 0) is 4.79 Å². The van der Waals surface area contributed by atoms with Gasteiger partial charge in [-0.3, -0.25) is 10.1 Å². The van der Waals surface area contributed by atoms with E-state index in [0.717, 1.165) is 16.8 Å². The highest BCUT2D eigenvalue weighted by atomic mass is 32.1. The summed E-state index contributed by atoms with van der Waals surface area (Å²) in [5.41, 5.74) is 4.09. The first-order valence-electron chi connectivity index (χ1n) is 8.68. The van der Waals surface area contributed by atoms with Crippen molar-refractivity contribution in [2.24, 2.45) is 0 Å². The second kappa shape index (κ2) is 7.56. The van der Waals surface area contributed by atoms with Crippen molar-refractivity contribution < 1.29 is 4.79 Å². The number of hydrogen-bond acceptors (Lipinski definition) is 3. The molecule has 3 aromatic carbocycles. The van der Waals surface area contributed by atoms with E-state index in [2.05, 4.69) is 40.6 Å². The zero-order chi connectivity index (χ0) is 18.6. The third kappa shape index (κ3) is 4.13. The molecule has 0 saturated carbocycles. The van der Waals surface area contributed by atoms with Crippen molar-refractivity contribution in [3.05, 3.63) is 89.3 Å². The first-order valence-corrected chi connectivity index (χ1v) is 9.56. The second-order valence-corrected chi connectivity index (χ2v) is 7.19. The summed E-state index contributed by atoms with van der Waals surface area (Å²) in [6, 6.07) is 22.5. The fourth-order valence-electron chi connectivity index (χ4n) is 2.81. The lowest BCUT2D eigenvalue weighted by Crippen LogP contribution is -2.07. The van der Waals surface area contributed by atoms with Crippen LogP contribution in [0, 0.1) is 6.92 Å². The predicted octanol–water partition coefficient (Wildman–Crippen LogP) is 5.92. The zero-order valence-corrected chi connectivity index (χ0v) is 15.7. The lowest BCUT2D eigenvalue weighted by Gasteiger charge is -2.01. The lowest BCUT2D eigenvalue weighted by atomic mass is 10.1. The van der Waals surface area contributed by atoms with E-state index in [1.165, 1.54) is 33.7 Å². The van der Waals surface area contributed by atoms with Crippen LogP contribution in [0.1, 0.15) is 11.1 Å². The monoisotopic (exact) mass is 370 g/mol. The number of nitrogens with zero attached hydrogens (tertiary/aromatic N) is 1. The molecule has 132 valence electrons. The molecule has 1 aromatic heterocycles. The minimum absolute atomic E-state index is 0.185.